The monoisotopic (exact) mass is 464 g/mol. The largest absolute Gasteiger partial charge is 0.381 e. The van der Waals surface area contributed by atoms with Crippen LogP contribution in [0.25, 0.3) is 21.8 Å². The summed E-state index contributed by atoms with van der Waals surface area (Å²) in [4.78, 5) is 17.9. The first-order chi connectivity index (χ1) is 16.1. The number of ether oxygens (including phenoxy) is 1. The molecule has 1 fully saturated rings. The molecule has 1 aromatic carbocycles. The van der Waals surface area contributed by atoms with Gasteiger partial charge in [0.1, 0.15) is 18.1 Å². The minimum atomic E-state index is -0.954. The number of hydrogen-bond donors (Lipinski definition) is 3. The Hall–Kier alpha value is -2.91. The van der Waals surface area contributed by atoms with Crippen molar-refractivity contribution in [2.75, 3.05) is 18.5 Å². The Kier molecular flexibility index (Phi) is 6.32. The summed E-state index contributed by atoms with van der Waals surface area (Å²) >= 11 is 6.54. The smallest absolute Gasteiger partial charge is 0.156 e. The number of benzene rings is 1. The Morgan fingerprint density at radius 2 is 1.97 bits per heavy atom. The minimum Gasteiger partial charge on any atom is -0.381 e. The number of aromatic nitrogens is 4. The molecular formula is C24H25ClN6O2. The van der Waals surface area contributed by atoms with Gasteiger partial charge in [0.05, 0.1) is 28.0 Å². The highest BCUT2D eigenvalue weighted by Gasteiger charge is 2.23. The quantitative estimate of drug-likeness (QED) is 0.365. The second-order valence-electron chi connectivity index (χ2n) is 8.19. The van der Waals surface area contributed by atoms with Gasteiger partial charge in [-0.1, -0.05) is 23.7 Å². The summed E-state index contributed by atoms with van der Waals surface area (Å²) in [6.45, 7) is 3.36. The van der Waals surface area contributed by atoms with E-state index in [9.17, 15) is 5.11 Å². The molecular weight excluding hydrogens is 440 g/mol. The molecule has 0 saturated carbocycles. The van der Waals surface area contributed by atoms with Gasteiger partial charge in [-0.2, -0.15) is 0 Å². The molecule has 1 saturated heterocycles. The van der Waals surface area contributed by atoms with Gasteiger partial charge in [0.25, 0.3) is 0 Å². The Bertz CT molecular complexity index is 1280. The molecule has 1 aliphatic rings. The summed E-state index contributed by atoms with van der Waals surface area (Å²) in [6, 6.07) is 11.4. The number of anilines is 1. The lowest BCUT2D eigenvalue weighted by atomic mass is 10.0. The van der Waals surface area contributed by atoms with Gasteiger partial charge in [0.2, 0.25) is 0 Å². The lowest BCUT2D eigenvalue weighted by molar-refractivity contribution is 0.0483. The van der Waals surface area contributed by atoms with Crippen LogP contribution in [0.1, 0.15) is 43.4 Å². The summed E-state index contributed by atoms with van der Waals surface area (Å²) in [6.07, 6.45) is 3.96. The maximum atomic E-state index is 11.1. The van der Waals surface area contributed by atoms with Gasteiger partial charge in [0.15, 0.2) is 5.82 Å². The first-order valence-corrected chi connectivity index (χ1v) is 11.4. The van der Waals surface area contributed by atoms with Gasteiger partial charge in [-0.15, -0.1) is 0 Å². The van der Waals surface area contributed by atoms with Crippen LogP contribution in [0, 0.1) is 0 Å². The van der Waals surface area contributed by atoms with Crippen LogP contribution in [0.5, 0.6) is 0 Å². The van der Waals surface area contributed by atoms with E-state index in [1.807, 2.05) is 43.3 Å². The van der Waals surface area contributed by atoms with Crippen LogP contribution in [0.4, 0.5) is 5.82 Å². The lowest BCUT2D eigenvalue weighted by Crippen LogP contribution is -2.37. The van der Waals surface area contributed by atoms with Crippen LogP contribution >= 0.6 is 11.6 Å². The number of hydrogen-bond acceptors (Lipinski definition) is 8. The van der Waals surface area contributed by atoms with E-state index in [0.717, 1.165) is 34.8 Å². The number of nitrogens with zero attached hydrogens (tertiary/aromatic N) is 4. The molecule has 170 valence electrons. The molecule has 5 rings (SSSR count). The zero-order valence-electron chi connectivity index (χ0n) is 18.2. The molecule has 3 aromatic heterocycles. The highest BCUT2D eigenvalue weighted by atomic mass is 35.5. The summed E-state index contributed by atoms with van der Waals surface area (Å²) < 4.78 is 5.43. The van der Waals surface area contributed by atoms with Gasteiger partial charge in [-0.3, -0.25) is 15.3 Å². The highest BCUT2D eigenvalue weighted by Crippen LogP contribution is 2.32. The fourth-order valence-corrected chi connectivity index (χ4v) is 4.46. The Balaban J connectivity index is 1.50. The van der Waals surface area contributed by atoms with E-state index >= 15 is 0 Å². The standard InChI is InChI=1S/C24H25ClN6O2/c1-14(29-23-21-18(27-13-28-23)6-3-9-26-21)19-12-15-4-2-5-17(25)20(15)22(31-19)24(32)30-16-7-10-33-11-8-16/h2-6,9,12-14,16,24,30,32H,7-8,10-11H2,1H3,(H,27,28,29). The maximum Gasteiger partial charge on any atom is 0.156 e. The maximum absolute atomic E-state index is 11.1. The third-order valence-corrected chi connectivity index (χ3v) is 6.24. The Morgan fingerprint density at radius 3 is 2.82 bits per heavy atom. The molecule has 2 unspecified atom stereocenters. The number of fused-ring (bicyclic) bond motifs is 2. The number of rotatable bonds is 6. The van der Waals surface area contributed by atoms with E-state index in [1.54, 1.807) is 6.20 Å². The van der Waals surface area contributed by atoms with Crippen molar-refractivity contribution in [3.63, 3.8) is 0 Å². The molecule has 4 heterocycles. The van der Waals surface area contributed by atoms with E-state index in [2.05, 4.69) is 25.6 Å². The van der Waals surface area contributed by atoms with Gasteiger partial charge in [-0.25, -0.2) is 9.97 Å². The minimum absolute atomic E-state index is 0.158. The predicted molar refractivity (Wildman–Crippen MR) is 128 cm³/mol. The van der Waals surface area contributed by atoms with Crippen molar-refractivity contribution in [2.24, 2.45) is 0 Å². The van der Waals surface area contributed by atoms with Crippen molar-refractivity contribution in [3.05, 3.63) is 65.3 Å². The van der Waals surface area contributed by atoms with Crippen molar-refractivity contribution in [3.8, 4) is 0 Å². The highest BCUT2D eigenvalue weighted by molar-refractivity contribution is 6.35. The third kappa shape index (κ3) is 4.60. The average Bonchev–Trinajstić information content (AvgIpc) is 2.84. The zero-order valence-corrected chi connectivity index (χ0v) is 19.0. The van der Waals surface area contributed by atoms with Gasteiger partial charge in [-0.05, 0) is 49.4 Å². The summed E-state index contributed by atoms with van der Waals surface area (Å²) in [5.41, 5.74) is 2.73. The van der Waals surface area contributed by atoms with Crippen molar-refractivity contribution in [2.45, 2.75) is 38.1 Å². The zero-order chi connectivity index (χ0) is 22.8. The predicted octanol–water partition coefficient (Wildman–Crippen LogP) is 4.16. The summed E-state index contributed by atoms with van der Waals surface area (Å²) in [7, 11) is 0. The molecule has 33 heavy (non-hydrogen) atoms. The van der Waals surface area contributed by atoms with Crippen LogP contribution < -0.4 is 10.6 Å². The fourth-order valence-electron chi connectivity index (χ4n) is 4.18. The first-order valence-electron chi connectivity index (χ1n) is 11.0. The molecule has 9 heteroatoms. The van der Waals surface area contributed by atoms with Crippen molar-refractivity contribution in [1.82, 2.24) is 25.3 Å². The topological polar surface area (TPSA) is 105 Å². The van der Waals surface area contributed by atoms with Crippen molar-refractivity contribution >= 4 is 39.2 Å². The lowest BCUT2D eigenvalue weighted by Gasteiger charge is -2.27. The molecule has 0 radical (unpaired) electrons. The molecule has 0 aliphatic carbocycles. The van der Waals surface area contributed by atoms with Crippen LogP contribution in [-0.4, -0.2) is 44.3 Å². The molecule has 0 bridgehead atoms. The third-order valence-electron chi connectivity index (χ3n) is 5.92. The van der Waals surface area contributed by atoms with Crippen LogP contribution in [0.15, 0.2) is 48.9 Å². The van der Waals surface area contributed by atoms with E-state index in [0.29, 0.717) is 35.3 Å². The number of aliphatic hydroxyl groups is 1. The molecule has 8 nitrogen and oxygen atoms in total. The first kappa shape index (κ1) is 21.9. The molecule has 1 aliphatic heterocycles. The Labute approximate surface area is 196 Å². The number of aliphatic hydroxyl groups excluding tert-OH is 1. The Morgan fingerprint density at radius 1 is 1.12 bits per heavy atom. The molecule has 2 atom stereocenters. The fraction of sp³-hybridized carbons (Fsp3) is 0.333. The molecule has 3 N–H and O–H groups in total. The van der Waals surface area contributed by atoms with Gasteiger partial charge < -0.3 is 15.2 Å². The van der Waals surface area contributed by atoms with Crippen LogP contribution in [-0.2, 0) is 4.74 Å². The van der Waals surface area contributed by atoms with Crippen LogP contribution in [0.3, 0.4) is 0 Å². The number of halogens is 1. The SMILES string of the molecule is CC(Nc1ncnc2cccnc12)c1cc2cccc(Cl)c2c(C(O)NC2CCOCC2)n1. The normalized spacial score (nSPS) is 16.7. The molecule has 0 spiro atoms. The van der Waals surface area contributed by atoms with Gasteiger partial charge >= 0.3 is 0 Å². The van der Waals surface area contributed by atoms with E-state index < -0.39 is 6.23 Å². The number of nitrogens with one attached hydrogen (secondary N) is 2. The van der Waals surface area contributed by atoms with Gasteiger partial charge in [0, 0.05) is 30.8 Å². The van der Waals surface area contributed by atoms with E-state index in [4.69, 9.17) is 21.3 Å². The summed E-state index contributed by atoms with van der Waals surface area (Å²) in [5, 5.41) is 20.0. The summed E-state index contributed by atoms with van der Waals surface area (Å²) in [5.74, 6) is 0.628. The van der Waals surface area contributed by atoms with Crippen LogP contribution in [0.2, 0.25) is 5.02 Å². The van der Waals surface area contributed by atoms with E-state index in [1.165, 1.54) is 6.33 Å². The molecule has 0 amide bonds. The van der Waals surface area contributed by atoms with E-state index in [-0.39, 0.29) is 12.1 Å². The second-order valence-corrected chi connectivity index (χ2v) is 8.59. The van der Waals surface area contributed by atoms with Crippen molar-refractivity contribution in [1.29, 1.82) is 0 Å². The second kappa shape index (κ2) is 9.52. The number of pyridine rings is 2. The van der Waals surface area contributed by atoms with Crippen molar-refractivity contribution < 1.29 is 9.84 Å². The molecule has 4 aromatic rings. The average molecular weight is 465 g/mol.